The number of rotatable bonds is 28. The second-order valence-corrected chi connectivity index (χ2v) is 41.0. The number of aliphatic hydroxyl groups excluding tert-OH is 3. The third-order valence-corrected chi connectivity index (χ3v) is 33.6. The molecule has 3 aromatic heterocycles. The molecule has 43 heteroatoms. The molecule has 0 radical (unpaired) electrons. The summed E-state index contributed by atoms with van der Waals surface area (Å²) in [6.07, 6.45) is -15.7. The van der Waals surface area contributed by atoms with Crippen LogP contribution in [0.2, 0.25) is 0 Å². The molecule has 26 atom stereocenters. The maximum atomic E-state index is 13.7. The normalized spacial score (nSPS) is 31.7. The first-order chi connectivity index (χ1) is 64.8. The van der Waals surface area contributed by atoms with Crippen molar-refractivity contribution in [2.24, 2.45) is 35.5 Å². The average molecular weight is 2110 g/mol. The summed E-state index contributed by atoms with van der Waals surface area (Å²) in [7, 11) is 2.97. The number of esters is 4. The van der Waals surface area contributed by atoms with Crippen molar-refractivity contribution < 1.29 is 162 Å². The lowest BCUT2D eigenvalue weighted by Gasteiger charge is -2.49. The number of carbonyl (C=O) groups is 4. The highest BCUT2D eigenvalue weighted by atomic mass is 79.9. The Morgan fingerprint density at radius 3 is 1.41 bits per heavy atom. The SMILES string of the molecule is CCOP(=O)(CCNCc1ccc(C2OCC3OC(O[C@@H]4c5cc6c(cc5[C@@H](c5cc(OC)c(O)c(OC)c5)[C@H]5C(=O)OC[C@@H]54)OCO6)C(O)C(O)C3O2)s1)OCC.COc1cc([C@@H]2c3cc4c(cc3[C@@H](OC3OC5COC(c6ccc(CBr)s6)OC5C(C)C3C)[C@H]3COC(=O)[C@H]23)OCO4)cc(OC)c1C.O=C(CCl)OC1C(O)OC2COC(c3ccc(CBr)s3)OC2C1OC(=O)CCl. The van der Waals surface area contributed by atoms with Crippen molar-refractivity contribution in [2.75, 3.05) is 113 Å². The van der Waals surface area contributed by atoms with Crippen LogP contribution >= 0.6 is 96.7 Å². The van der Waals surface area contributed by atoms with Crippen molar-refractivity contribution >= 4 is 121 Å². The fourth-order valence-electron chi connectivity index (χ4n) is 19.3. The molecule has 8 saturated heterocycles. The number of carbonyl (C=O) groups excluding carboxylic acids is 4. The Kier molecular flexibility index (Phi) is 31.7. The van der Waals surface area contributed by atoms with Gasteiger partial charge >= 0.3 is 31.5 Å². The van der Waals surface area contributed by atoms with Gasteiger partial charge in [-0.1, -0.05) is 45.7 Å². The Morgan fingerprint density at radius 1 is 0.515 bits per heavy atom. The number of alkyl halides is 4. The number of halogens is 4. The number of phenols is 1. The topological polar surface area (TPSA) is 409 Å². The first kappa shape index (κ1) is 98.7. The summed E-state index contributed by atoms with van der Waals surface area (Å²) < 4.78 is 160. The predicted octanol–water partition coefficient (Wildman–Crippen LogP) is 13.0. The largest absolute Gasteiger partial charge is 0.502 e. The van der Waals surface area contributed by atoms with Crippen LogP contribution in [0.3, 0.4) is 0 Å². The second-order valence-electron chi connectivity index (χ2n) is 33.6. The third kappa shape index (κ3) is 20.2. The van der Waals surface area contributed by atoms with Gasteiger partial charge < -0.3 is 144 Å². The van der Waals surface area contributed by atoms with E-state index in [9.17, 15) is 44.2 Å². The van der Waals surface area contributed by atoms with Crippen LogP contribution < -0.4 is 43.2 Å². The van der Waals surface area contributed by atoms with Gasteiger partial charge in [0.25, 0.3) is 0 Å². The highest BCUT2D eigenvalue weighted by molar-refractivity contribution is 9.08. The van der Waals surface area contributed by atoms with Crippen molar-refractivity contribution in [1.29, 1.82) is 0 Å². The number of methoxy groups -OCH3 is 4. The average Bonchev–Trinajstić information content (AvgIpc) is 1.27. The predicted molar refractivity (Wildman–Crippen MR) is 484 cm³/mol. The van der Waals surface area contributed by atoms with Gasteiger partial charge in [-0.3, -0.25) is 23.7 Å². The number of aliphatic hydroxyl groups is 3. The molecule has 18 unspecified atom stereocenters. The van der Waals surface area contributed by atoms with E-state index in [-0.39, 0.29) is 105 Å². The van der Waals surface area contributed by atoms with E-state index in [2.05, 4.69) is 63.2 Å². The molecule has 10 aliphatic heterocycles. The molecule has 13 heterocycles. The zero-order valence-corrected chi connectivity index (χ0v) is 82.2. The maximum absolute atomic E-state index is 13.7. The van der Waals surface area contributed by atoms with Crippen molar-refractivity contribution in [3.05, 3.63) is 153 Å². The van der Waals surface area contributed by atoms with Gasteiger partial charge in [-0.05, 0) is 145 Å². The fourth-order valence-corrected chi connectivity index (χ4v) is 24.7. The minimum Gasteiger partial charge on any atom is -0.502 e. The van der Waals surface area contributed by atoms with Crippen molar-refractivity contribution in [2.45, 2.75) is 175 Å². The molecule has 8 fully saturated rings. The maximum Gasteiger partial charge on any atom is 0.331 e. The molecule has 4 aromatic carbocycles. The number of fused-ring (bicyclic) bond motifs is 9. The van der Waals surface area contributed by atoms with Gasteiger partial charge in [0.05, 0.1) is 126 Å². The van der Waals surface area contributed by atoms with Crippen molar-refractivity contribution in [3.8, 4) is 51.7 Å². The molecule has 134 heavy (non-hydrogen) atoms. The molecule has 5 N–H and O–H groups in total. The number of aromatic hydroxyl groups is 1. The minimum absolute atomic E-state index is 0.00258. The van der Waals surface area contributed by atoms with Gasteiger partial charge in [0.15, 0.2) is 84.4 Å². The molecule has 19 rings (SSSR count). The number of hydrogen-bond acceptors (Lipinski definition) is 38. The molecule has 0 spiro atoms. The van der Waals surface area contributed by atoms with E-state index in [1.165, 1.54) is 41.8 Å². The van der Waals surface area contributed by atoms with Crippen molar-refractivity contribution in [3.63, 3.8) is 0 Å². The Balaban J connectivity index is 0.000000148. The lowest BCUT2D eigenvalue weighted by molar-refractivity contribution is -0.368. The summed E-state index contributed by atoms with van der Waals surface area (Å²) in [6.45, 7) is 12.3. The van der Waals surface area contributed by atoms with E-state index in [4.69, 9.17) is 141 Å². The Bertz CT molecular complexity index is 5340. The van der Waals surface area contributed by atoms with Crippen LogP contribution in [-0.2, 0) is 121 Å². The Morgan fingerprint density at radius 2 is 0.940 bits per heavy atom. The molecule has 0 amide bonds. The van der Waals surface area contributed by atoms with Crippen LogP contribution in [0.15, 0.2) is 84.9 Å². The molecule has 0 bridgehead atoms. The number of thiophene rings is 3. The van der Waals surface area contributed by atoms with Gasteiger partial charge in [-0.25, -0.2) is 0 Å². The van der Waals surface area contributed by atoms with E-state index in [1.807, 2.05) is 55.5 Å². The lowest BCUT2D eigenvalue weighted by atomic mass is 9.66. The number of benzene rings is 4. The third-order valence-electron chi connectivity index (χ3n) is 25.8. The smallest absolute Gasteiger partial charge is 0.331 e. The van der Waals surface area contributed by atoms with E-state index in [0.29, 0.717) is 89.4 Å². The minimum atomic E-state index is -3.15. The van der Waals surface area contributed by atoms with Gasteiger partial charge in [0, 0.05) is 73.5 Å². The zero-order chi connectivity index (χ0) is 94.2. The molecule has 35 nitrogen and oxygen atoms in total. The van der Waals surface area contributed by atoms with E-state index in [0.717, 1.165) is 52.0 Å². The first-order valence-corrected chi connectivity index (χ1v) is 51.3. The summed E-state index contributed by atoms with van der Waals surface area (Å²) in [5, 5.41) is 48.7. The molecule has 2 aliphatic carbocycles. The lowest BCUT2D eigenvalue weighted by Crippen LogP contribution is -2.63. The molecule has 728 valence electrons. The summed E-state index contributed by atoms with van der Waals surface area (Å²) in [5.74, 6) is -2.36. The number of cyclic esters (lactones) is 2. The van der Waals surface area contributed by atoms with Gasteiger partial charge in [0.1, 0.15) is 66.0 Å². The standard InChI is InChI=1S/C39H48NO16PS.C36H39BrO10S.C16H17BrCl2O8S/c1-5-52-57(45,53-6-2)10-9-40-15-20-7-8-29(58-20)38-49-17-28-36(56-38)33(42)34(43)39(54-28)55-35-22-14-25-24(50-18-51-25)13-21(22)30(31-23(35)16-48-37(31)44)19-11-26(46-3)32(41)27(12-19)47-4;1-16-17(2)35(45-28-14-42-36(46-32(16)28)29-7-6-20(12-37)48-29)47-33-22-11-27-26(43-15-44-27)10-21(22)30(31-23(33)13-41-34(31)38)19-8-24(39-4)18(3)25(9-19)40-5;17-3-7-1-2-9(28-7)16-23-6-8-12(27-16)13(25-10(20)4-18)14(15(22)24-8)26-11(21)5-19/h7-8,11-14,23,28,30-31,33-36,38-43H,5-6,9-10,15-18H2,1-4H3;6-11,16-17,23,28,30-33,35-36H,12-15H2,1-5H3;1-2,8,12-16,22H,3-6H2/t23-,28?,30+,31-,33?,34?,35+,36?,38?,39?;16?,17?,23-,28?,30+,31-,32?,33+,35?,36?;/m00./s1. The second kappa shape index (κ2) is 43.1. The highest BCUT2D eigenvalue weighted by Crippen LogP contribution is 2.61. The van der Waals surface area contributed by atoms with Crippen molar-refractivity contribution in [1.82, 2.24) is 5.32 Å². The quantitative estimate of drug-likeness (QED) is 0.00999. The Hall–Kier alpha value is -6.85. The number of hydrogen-bond donors (Lipinski definition) is 5. The Labute approximate surface area is 810 Å². The van der Waals surface area contributed by atoms with Crippen LogP contribution in [0.1, 0.15) is 139 Å². The van der Waals surface area contributed by atoms with E-state index < -0.39 is 160 Å². The molecule has 12 aliphatic rings. The zero-order valence-electron chi connectivity index (χ0n) is 74.1. The van der Waals surface area contributed by atoms with Gasteiger partial charge in [-0.2, -0.15) is 0 Å². The number of ether oxygens (including phenoxy) is 23. The van der Waals surface area contributed by atoms with Gasteiger partial charge in [-0.15, -0.1) is 57.2 Å². The first-order valence-electron chi connectivity index (χ1n) is 43.8. The van der Waals surface area contributed by atoms with Crippen LogP contribution in [-0.4, -0.2) is 237 Å². The summed E-state index contributed by atoms with van der Waals surface area (Å²) in [5.41, 5.74) is 5.54. The molecule has 0 saturated carbocycles. The number of phenolic OH excluding ortho intramolecular Hbond substituents is 1. The molecular weight excluding hydrogens is 2010 g/mol. The molecular formula is C91H104Br2Cl2NO34PS3. The van der Waals surface area contributed by atoms with Gasteiger partial charge in [0.2, 0.25) is 19.3 Å². The van der Waals surface area contributed by atoms with E-state index >= 15 is 0 Å². The monoisotopic (exact) mass is 2110 g/mol. The highest BCUT2D eigenvalue weighted by Gasteiger charge is 2.60. The molecule has 7 aromatic rings. The summed E-state index contributed by atoms with van der Waals surface area (Å²) in [4.78, 5) is 56.7. The van der Waals surface area contributed by atoms with Crippen LogP contribution in [0.5, 0.6) is 51.7 Å². The van der Waals surface area contributed by atoms with Crippen LogP contribution in [0, 0.1) is 42.4 Å². The summed E-state index contributed by atoms with van der Waals surface area (Å²) >= 11 is 22.6. The van der Waals surface area contributed by atoms with Crippen LogP contribution in [0.4, 0.5) is 0 Å². The fraction of sp³-hybridized carbons (Fsp3) is 0.560. The summed E-state index contributed by atoms with van der Waals surface area (Å²) in [6, 6.07) is 26.6. The number of nitrogens with one attached hydrogen (secondary N) is 1. The van der Waals surface area contributed by atoms with E-state index in [1.54, 1.807) is 63.7 Å². The van der Waals surface area contributed by atoms with Crippen LogP contribution in [0.25, 0.3) is 0 Å².